The first-order valence-corrected chi connectivity index (χ1v) is 22.0. The molecule has 4 aliphatic heterocycles. The molecule has 0 aromatic rings. The summed E-state index contributed by atoms with van der Waals surface area (Å²) in [5, 5.41) is 82.0. The fraction of sp³-hybridized carbons (Fsp3) is 0.865. The van der Waals surface area contributed by atoms with Crippen LogP contribution in [0.4, 0.5) is 0 Å². The number of carboxylic acid groups (broad SMARTS) is 1. The van der Waals surface area contributed by atoms with E-state index < -0.39 is 93.7 Å². The maximum Gasteiger partial charge on any atom is 0.475 e. The third kappa shape index (κ3) is 16.5. The Kier molecular flexibility index (Phi) is 24.3. The predicted octanol–water partition coefficient (Wildman–Crippen LogP) is -4.37. The van der Waals surface area contributed by atoms with E-state index in [2.05, 4.69) is 0 Å². The Morgan fingerprint density at radius 2 is 0.810 bits per heavy atom. The van der Waals surface area contributed by atoms with Crippen LogP contribution >= 0.6 is 0 Å². The van der Waals surface area contributed by atoms with Crippen molar-refractivity contribution in [3.63, 3.8) is 0 Å². The summed E-state index contributed by atoms with van der Waals surface area (Å²) in [4.78, 5) is 64.5. The third-order valence-corrected chi connectivity index (χ3v) is 12.2. The molecule has 17 N–H and O–H groups in total. The number of hydrogen-bond acceptors (Lipinski definition) is 17. The van der Waals surface area contributed by atoms with Crippen molar-refractivity contribution in [3.05, 3.63) is 0 Å². The molecule has 0 spiro atoms. The number of nitrogens with zero attached hydrogens (tertiary/aromatic N) is 4. The molecule has 22 nitrogen and oxygen atoms in total. The lowest BCUT2D eigenvalue weighted by molar-refractivity contribution is -0.153. The number of carbonyl (C=O) groups excluding carboxylic acids is 4. The van der Waals surface area contributed by atoms with Crippen LogP contribution < -0.4 is 22.9 Å². The van der Waals surface area contributed by atoms with Gasteiger partial charge in [0.1, 0.15) is 6.04 Å². The Morgan fingerprint density at radius 1 is 0.524 bits per heavy atom. The van der Waals surface area contributed by atoms with E-state index >= 15 is 0 Å². The molecule has 8 atom stereocenters. The van der Waals surface area contributed by atoms with Crippen LogP contribution in [0, 0.1) is 10.8 Å². The summed E-state index contributed by atoms with van der Waals surface area (Å²) >= 11 is 0. The van der Waals surface area contributed by atoms with Crippen molar-refractivity contribution in [2.45, 2.75) is 167 Å². The molecule has 4 amide bonds. The lowest BCUT2D eigenvalue weighted by atomic mass is 9.77. The van der Waals surface area contributed by atoms with Gasteiger partial charge >= 0.3 is 34.4 Å². The van der Waals surface area contributed by atoms with E-state index in [0.29, 0.717) is 71.1 Å². The third-order valence-electron chi connectivity index (χ3n) is 12.2. The van der Waals surface area contributed by atoms with Crippen LogP contribution in [0.3, 0.4) is 0 Å². The van der Waals surface area contributed by atoms with Crippen molar-refractivity contribution in [1.29, 1.82) is 0 Å². The summed E-state index contributed by atoms with van der Waals surface area (Å²) in [6.45, 7) is 14.3. The summed E-state index contributed by atoms with van der Waals surface area (Å²) in [7, 11) is -6.01. The first-order chi connectivity index (χ1) is 29.1. The van der Waals surface area contributed by atoms with E-state index in [1.165, 1.54) is 33.4 Å². The zero-order chi connectivity index (χ0) is 48.7. The summed E-state index contributed by atoms with van der Waals surface area (Å²) in [5.41, 5.74) is 21.2. The first-order valence-electron chi connectivity index (χ1n) is 22.0. The largest absolute Gasteiger partial charge is 0.481 e. The lowest BCUT2D eigenvalue weighted by Gasteiger charge is -2.32. The van der Waals surface area contributed by atoms with Crippen molar-refractivity contribution in [3.8, 4) is 0 Å². The number of aliphatic carboxylic acids is 1. The van der Waals surface area contributed by atoms with Gasteiger partial charge in [0.25, 0.3) is 0 Å². The molecule has 360 valence electrons. The van der Waals surface area contributed by atoms with Gasteiger partial charge in [0.05, 0.1) is 47.3 Å². The average molecular weight is 900 g/mol. The minimum atomic E-state index is -1.63. The van der Waals surface area contributed by atoms with Gasteiger partial charge in [0.2, 0.25) is 23.6 Å². The highest BCUT2D eigenvalue weighted by atomic mass is 16.4. The van der Waals surface area contributed by atoms with Crippen LogP contribution in [0.5, 0.6) is 0 Å². The number of carbonyl (C=O) groups is 5. The van der Waals surface area contributed by atoms with Gasteiger partial charge in [-0.05, 0) is 83.5 Å². The number of carboxylic acids is 1. The Bertz CT molecular complexity index is 1470. The molecule has 4 heterocycles. The number of amides is 4. The normalized spacial score (nSPS) is 22.9. The molecule has 4 aliphatic rings. The SMILES string of the molecule is CC(C)(C(=O)O)C(N)C(=O)N1CCCC1B(O)O.CC(C)(C)C(N)C(=O)N1CCCC1B(O)O.CCC(N)C(=O)N1CCCC1B(O)O.CCCC(N)C(=O)N1CCCC1B(O)O. The standard InChI is InChI=1S/C10H19BN2O5.C10H21BN2O3.C9H19BN2O3.C8H17BN2O3/c1-10(2,9(15)16)7(12)8(14)13-5-3-4-6(13)11(17)18;1-10(2,3)8(12)9(14)13-6-4-5-7(13)11(15)16;1-2-4-7(11)9(13)12-6-3-5-8(12)10(14)15;1-2-6(10)8(12)11-5-3-4-7(11)9(13)14/h6-7,17-18H,3-5,12H2,1-2H3,(H,15,16);7-8,15-16H,4-6,12H2,1-3H3;7-8,14-15H,2-6,11H2,1H3;6-7,13-14H,2-5,10H2,1H3. The van der Waals surface area contributed by atoms with Gasteiger partial charge in [0, 0.05) is 26.2 Å². The van der Waals surface area contributed by atoms with Crippen LogP contribution in [0.15, 0.2) is 0 Å². The topological polar surface area (TPSA) is 384 Å². The zero-order valence-electron chi connectivity index (χ0n) is 38.2. The molecule has 4 saturated heterocycles. The van der Waals surface area contributed by atoms with Crippen LogP contribution in [-0.2, 0) is 24.0 Å². The highest BCUT2D eigenvalue weighted by Crippen LogP contribution is 2.27. The van der Waals surface area contributed by atoms with Gasteiger partial charge in [0.15, 0.2) is 0 Å². The molecular weight excluding hydrogens is 824 g/mol. The maximum absolute atomic E-state index is 12.1. The summed E-state index contributed by atoms with van der Waals surface area (Å²) in [5.74, 6) is -4.39. The van der Waals surface area contributed by atoms with Crippen LogP contribution in [0.1, 0.15) is 119 Å². The molecule has 0 bridgehead atoms. The molecule has 63 heavy (non-hydrogen) atoms. The second-order valence-corrected chi connectivity index (χ2v) is 18.4. The van der Waals surface area contributed by atoms with E-state index in [9.17, 15) is 34.0 Å². The summed E-state index contributed by atoms with van der Waals surface area (Å²) in [6, 6.07) is -2.84. The fourth-order valence-electron chi connectivity index (χ4n) is 7.71. The smallest absolute Gasteiger partial charge is 0.475 e. The van der Waals surface area contributed by atoms with Crippen LogP contribution in [0.2, 0.25) is 0 Å². The predicted molar refractivity (Wildman–Crippen MR) is 238 cm³/mol. The molecule has 0 saturated carbocycles. The minimum absolute atomic E-state index is 0.160. The molecule has 4 fully saturated rings. The number of rotatable bonds is 13. The van der Waals surface area contributed by atoms with E-state index in [1.807, 2.05) is 34.6 Å². The highest BCUT2D eigenvalue weighted by Gasteiger charge is 2.46. The van der Waals surface area contributed by atoms with Crippen molar-refractivity contribution in [2.24, 2.45) is 33.8 Å². The maximum atomic E-state index is 12.1. The van der Waals surface area contributed by atoms with Gasteiger partial charge in [-0.1, -0.05) is 41.0 Å². The van der Waals surface area contributed by atoms with Gasteiger partial charge in [-0.15, -0.1) is 0 Å². The highest BCUT2D eigenvalue weighted by molar-refractivity contribution is 6.44. The number of hydrogen-bond donors (Lipinski definition) is 13. The van der Waals surface area contributed by atoms with E-state index in [-0.39, 0.29) is 23.1 Å². The summed E-state index contributed by atoms with van der Waals surface area (Å²) in [6.07, 6.45) is 7.52. The lowest BCUT2D eigenvalue weighted by Crippen LogP contribution is -2.57. The average Bonchev–Trinajstić information content (AvgIpc) is 4.06. The Balaban J connectivity index is 0.000000422. The van der Waals surface area contributed by atoms with E-state index in [1.54, 1.807) is 0 Å². The number of nitrogens with two attached hydrogens (primary N) is 4. The molecule has 0 aromatic carbocycles. The second-order valence-electron chi connectivity index (χ2n) is 18.4. The van der Waals surface area contributed by atoms with E-state index in [4.69, 9.17) is 58.2 Å². The van der Waals surface area contributed by atoms with Gasteiger partial charge in [-0.2, -0.15) is 0 Å². The van der Waals surface area contributed by atoms with Gasteiger partial charge < -0.3 is 87.8 Å². The van der Waals surface area contributed by atoms with Crippen molar-refractivity contribution in [1.82, 2.24) is 19.6 Å². The van der Waals surface area contributed by atoms with E-state index in [0.717, 1.165) is 25.7 Å². The molecule has 0 radical (unpaired) electrons. The molecule has 0 aromatic heterocycles. The van der Waals surface area contributed by atoms with Gasteiger partial charge in [-0.3, -0.25) is 24.0 Å². The van der Waals surface area contributed by atoms with Crippen LogP contribution in [0.25, 0.3) is 0 Å². The van der Waals surface area contributed by atoms with Crippen LogP contribution in [-0.4, -0.2) is 197 Å². The Morgan fingerprint density at radius 3 is 1.06 bits per heavy atom. The Hall–Kier alpha value is -2.87. The fourth-order valence-corrected chi connectivity index (χ4v) is 7.71. The molecule has 4 rings (SSSR count). The molecule has 26 heteroatoms. The van der Waals surface area contributed by atoms with Crippen molar-refractivity contribution >= 4 is 58.1 Å². The summed E-state index contributed by atoms with van der Waals surface area (Å²) < 4.78 is 0. The number of likely N-dealkylation sites (tertiary alicyclic amines) is 4. The molecule has 0 aliphatic carbocycles. The first kappa shape index (κ1) is 58.1. The minimum Gasteiger partial charge on any atom is -0.481 e. The second kappa shape index (κ2) is 26.3. The van der Waals surface area contributed by atoms with Crippen molar-refractivity contribution < 1.29 is 69.3 Å². The molecule has 8 unspecified atom stereocenters. The monoisotopic (exact) mass is 901 g/mol. The zero-order valence-corrected chi connectivity index (χ0v) is 38.2. The van der Waals surface area contributed by atoms with Crippen molar-refractivity contribution in [2.75, 3.05) is 26.2 Å². The molecular formula is C37H76B4N8O14. The quantitative estimate of drug-likeness (QED) is 0.0777. The Labute approximate surface area is 373 Å². The van der Waals surface area contributed by atoms with Gasteiger partial charge in [-0.25, -0.2) is 0 Å².